The van der Waals surface area contributed by atoms with Crippen LogP contribution in [-0.2, 0) is 14.8 Å². The highest BCUT2D eigenvalue weighted by molar-refractivity contribution is 7.92. The molecule has 0 atom stereocenters. The second-order valence-electron chi connectivity index (χ2n) is 8.62. The van der Waals surface area contributed by atoms with Crippen LogP contribution >= 0.6 is 0 Å². The van der Waals surface area contributed by atoms with Crippen molar-refractivity contribution < 1.29 is 22.3 Å². The minimum Gasteiger partial charge on any atom is -0.379 e. The lowest BCUT2D eigenvalue weighted by Gasteiger charge is -2.34. The fourth-order valence-corrected chi connectivity index (χ4v) is 5.43. The highest BCUT2D eigenvalue weighted by Crippen LogP contribution is 2.24. The van der Waals surface area contributed by atoms with E-state index in [4.69, 9.17) is 4.74 Å². The van der Waals surface area contributed by atoms with Gasteiger partial charge in [-0.05, 0) is 74.2 Å². The van der Waals surface area contributed by atoms with Crippen molar-refractivity contribution in [2.45, 2.75) is 24.2 Å². The molecule has 2 aliphatic rings. The molecular weight excluding hydrogens is 445 g/mol. The number of anilines is 1. The van der Waals surface area contributed by atoms with Gasteiger partial charge in [-0.25, -0.2) is 12.8 Å². The zero-order chi connectivity index (χ0) is 23.3. The van der Waals surface area contributed by atoms with Gasteiger partial charge in [-0.3, -0.25) is 14.4 Å². The van der Waals surface area contributed by atoms with Crippen LogP contribution in [0, 0.1) is 11.7 Å². The van der Waals surface area contributed by atoms with Gasteiger partial charge in [0.1, 0.15) is 5.82 Å². The van der Waals surface area contributed by atoms with Crippen molar-refractivity contribution in [2.75, 3.05) is 50.7 Å². The number of hydrogen-bond donors (Lipinski definition) is 1. The molecule has 0 bridgehead atoms. The maximum Gasteiger partial charge on any atom is 0.261 e. The van der Waals surface area contributed by atoms with Crippen LogP contribution in [0.3, 0.4) is 0 Å². The first-order valence-corrected chi connectivity index (χ1v) is 12.9. The Balaban J connectivity index is 1.33. The summed E-state index contributed by atoms with van der Waals surface area (Å²) < 4.78 is 46.4. The number of rotatable bonds is 7. The maximum absolute atomic E-state index is 13.1. The lowest BCUT2D eigenvalue weighted by Crippen LogP contribution is -2.40. The van der Waals surface area contributed by atoms with Crippen LogP contribution in [0.5, 0.6) is 0 Å². The highest BCUT2D eigenvalue weighted by Gasteiger charge is 2.25. The molecular formula is C24H30FN3O4S. The number of morpholine rings is 1. The van der Waals surface area contributed by atoms with Crippen LogP contribution in [-0.4, -0.2) is 70.1 Å². The lowest BCUT2D eigenvalue weighted by atomic mass is 9.93. The SMILES string of the molecule is O=C(c1cccc(S(=O)(=O)Nc2ccc(F)cc2)c1)N1CCC(CCN2CCOCC2)CC1. The first kappa shape index (κ1) is 23.7. The maximum atomic E-state index is 13.1. The normalized spacial score (nSPS) is 18.3. The smallest absolute Gasteiger partial charge is 0.261 e. The molecule has 0 spiro atoms. The van der Waals surface area contributed by atoms with Crippen molar-refractivity contribution in [3.63, 3.8) is 0 Å². The Kier molecular flexibility index (Phi) is 7.62. The summed E-state index contributed by atoms with van der Waals surface area (Å²) >= 11 is 0. The number of nitrogens with zero attached hydrogens (tertiary/aromatic N) is 2. The predicted molar refractivity (Wildman–Crippen MR) is 124 cm³/mol. The number of amides is 1. The molecule has 0 unspecified atom stereocenters. The van der Waals surface area contributed by atoms with Crippen molar-refractivity contribution in [3.8, 4) is 0 Å². The number of sulfonamides is 1. The second kappa shape index (κ2) is 10.6. The largest absolute Gasteiger partial charge is 0.379 e. The van der Waals surface area contributed by atoms with E-state index in [0.717, 1.165) is 52.1 Å². The van der Waals surface area contributed by atoms with E-state index in [2.05, 4.69) is 9.62 Å². The van der Waals surface area contributed by atoms with E-state index >= 15 is 0 Å². The monoisotopic (exact) mass is 475 g/mol. The highest BCUT2D eigenvalue weighted by atomic mass is 32.2. The molecule has 2 aliphatic heterocycles. The zero-order valence-corrected chi connectivity index (χ0v) is 19.4. The number of likely N-dealkylation sites (tertiary alicyclic amines) is 1. The van der Waals surface area contributed by atoms with E-state index in [1.807, 2.05) is 4.90 Å². The topological polar surface area (TPSA) is 79.0 Å². The number of ether oxygens (including phenoxy) is 1. The Hall–Kier alpha value is -2.49. The number of carbonyl (C=O) groups is 1. The minimum absolute atomic E-state index is 0.00179. The summed E-state index contributed by atoms with van der Waals surface area (Å²) in [6, 6.07) is 11.1. The first-order valence-electron chi connectivity index (χ1n) is 11.4. The molecule has 1 N–H and O–H groups in total. The molecule has 2 aromatic rings. The average Bonchev–Trinajstić information content (AvgIpc) is 2.85. The van der Waals surface area contributed by atoms with Crippen LogP contribution in [0.15, 0.2) is 53.4 Å². The predicted octanol–water partition coefficient (Wildman–Crippen LogP) is 3.20. The molecule has 33 heavy (non-hydrogen) atoms. The molecule has 4 rings (SSSR count). The van der Waals surface area contributed by atoms with Gasteiger partial charge in [0.05, 0.1) is 18.1 Å². The molecule has 0 aromatic heterocycles. The quantitative estimate of drug-likeness (QED) is 0.665. The van der Waals surface area contributed by atoms with E-state index in [-0.39, 0.29) is 16.5 Å². The summed E-state index contributed by atoms with van der Waals surface area (Å²) in [6.45, 7) is 6.03. The van der Waals surface area contributed by atoms with Crippen molar-refractivity contribution in [1.29, 1.82) is 0 Å². The average molecular weight is 476 g/mol. The Labute approximate surface area is 194 Å². The number of carbonyl (C=O) groups excluding carboxylic acids is 1. The number of halogens is 1. The van der Waals surface area contributed by atoms with Crippen LogP contribution in [0.25, 0.3) is 0 Å². The third-order valence-electron chi connectivity index (χ3n) is 6.35. The zero-order valence-electron chi connectivity index (χ0n) is 18.6. The van der Waals surface area contributed by atoms with Crippen LogP contribution < -0.4 is 4.72 Å². The number of piperidine rings is 1. The molecule has 2 aromatic carbocycles. The van der Waals surface area contributed by atoms with Gasteiger partial charge in [-0.1, -0.05) is 6.07 Å². The summed E-state index contributed by atoms with van der Waals surface area (Å²) in [5.41, 5.74) is 0.607. The summed E-state index contributed by atoms with van der Waals surface area (Å²) in [5.74, 6) is -0.000569. The van der Waals surface area contributed by atoms with E-state index < -0.39 is 15.8 Å². The Morgan fingerprint density at radius 2 is 1.73 bits per heavy atom. The van der Waals surface area contributed by atoms with Gasteiger partial charge in [0.25, 0.3) is 15.9 Å². The second-order valence-corrected chi connectivity index (χ2v) is 10.3. The van der Waals surface area contributed by atoms with E-state index in [1.54, 1.807) is 12.1 Å². The minimum atomic E-state index is -3.90. The van der Waals surface area contributed by atoms with E-state index in [9.17, 15) is 17.6 Å². The van der Waals surface area contributed by atoms with E-state index in [0.29, 0.717) is 24.6 Å². The molecule has 2 saturated heterocycles. The molecule has 0 radical (unpaired) electrons. The third kappa shape index (κ3) is 6.31. The molecule has 2 fully saturated rings. The Morgan fingerprint density at radius 1 is 1.03 bits per heavy atom. The van der Waals surface area contributed by atoms with Crippen molar-refractivity contribution >= 4 is 21.6 Å². The summed E-state index contributed by atoms with van der Waals surface area (Å²) in [7, 11) is -3.90. The molecule has 9 heteroatoms. The Bertz CT molecular complexity index is 1050. The molecule has 1 amide bonds. The summed E-state index contributed by atoms with van der Waals surface area (Å²) in [5, 5.41) is 0. The molecule has 2 heterocycles. The number of benzene rings is 2. The van der Waals surface area contributed by atoms with Crippen LogP contribution in [0.1, 0.15) is 29.6 Å². The standard InChI is InChI=1S/C24H30FN3O4S/c25-21-4-6-22(7-5-21)26-33(30,31)23-3-1-2-20(18-23)24(29)28-12-9-19(10-13-28)8-11-27-14-16-32-17-15-27/h1-7,18-19,26H,8-17H2. The molecule has 0 aliphatic carbocycles. The fourth-order valence-electron chi connectivity index (χ4n) is 4.33. The van der Waals surface area contributed by atoms with Crippen LogP contribution in [0.2, 0.25) is 0 Å². The molecule has 7 nitrogen and oxygen atoms in total. The van der Waals surface area contributed by atoms with Crippen molar-refractivity contribution in [3.05, 3.63) is 59.9 Å². The van der Waals surface area contributed by atoms with Gasteiger partial charge in [-0.2, -0.15) is 0 Å². The third-order valence-corrected chi connectivity index (χ3v) is 7.73. The van der Waals surface area contributed by atoms with Gasteiger partial charge in [0.15, 0.2) is 0 Å². The summed E-state index contributed by atoms with van der Waals surface area (Å²) in [4.78, 5) is 17.3. The van der Waals surface area contributed by atoms with Crippen molar-refractivity contribution in [1.82, 2.24) is 9.80 Å². The van der Waals surface area contributed by atoms with Gasteiger partial charge >= 0.3 is 0 Å². The van der Waals surface area contributed by atoms with Gasteiger partial charge < -0.3 is 9.64 Å². The van der Waals surface area contributed by atoms with Crippen LogP contribution in [0.4, 0.5) is 10.1 Å². The number of nitrogens with one attached hydrogen (secondary N) is 1. The molecule has 178 valence electrons. The van der Waals surface area contributed by atoms with E-state index in [1.165, 1.54) is 36.4 Å². The lowest BCUT2D eigenvalue weighted by molar-refractivity contribution is 0.0332. The van der Waals surface area contributed by atoms with Crippen molar-refractivity contribution in [2.24, 2.45) is 5.92 Å². The summed E-state index contributed by atoms with van der Waals surface area (Å²) in [6.07, 6.45) is 3.05. The Morgan fingerprint density at radius 3 is 2.42 bits per heavy atom. The molecule has 0 saturated carbocycles. The van der Waals surface area contributed by atoms with Gasteiger partial charge in [0.2, 0.25) is 0 Å². The van der Waals surface area contributed by atoms with Gasteiger partial charge in [0, 0.05) is 37.4 Å². The first-order chi connectivity index (χ1) is 15.9. The number of hydrogen-bond acceptors (Lipinski definition) is 5. The fraction of sp³-hybridized carbons (Fsp3) is 0.458. The van der Waals surface area contributed by atoms with Gasteiger partial charge in [-0.15, -0.1) is 0 Å².